The smallest absolute Gasteiger partial charge is 0.209 e. The lowest BCUT2D eigenvalue weighted by Crippen LogP contribution is -2.44. The second-order valence-corrected chi connectivity index (χ2v) is 6.15. The molecule has 0 spiro atoms. The number of sulfonamides is 1. The van der Waals surface area contributed by atoms with E-state index in [-0.39, 0.29) is 6.54 Å². The first-order chi connectivity index (χ1) is 8.56. The molecule has 2 N–H and O–H groups in total. The highest BCUT2D eigenvalue weighted by molar-refractivity contribution is 7.88. The molecule has 1 aliphatic rings. The van der Waals surface area contributed by atoms with Crippen molar-refractivity contribution >= 4 is 15.8 Å². The SMILES string of the molecule is CS(=O)(=O)NCc1cccnc1N1CCNCC1. The van der Waals surface area contributed by atoms with Crippen molar-refractivity contribution in [1.29, 1.82) is 0 Å². The number of hydrogen-bond acceptors (Lipinski definition) is 5. The second-order valence-electron chi connectivity index (χ2n) is 4.32. The average Bonchev–Trinajstić information content (AvgIpc) is 2.37. The number of rotatable bonds is 4. The van der Waals surface area contributed by atoms with Gasteiger partial charge in [-0.2, -0.15) is 0 Å². The van der Waals surface area contributed by atoms with E-state index in [9.17, 15) is 8.42 Å². The lowest BCUT2D eigenvalue weighted by Gasteiger charge is -2.29. The van der Waals surface area contributed by atoms with Crippen LogP contribution in [0.3, 0.4) is 0 Å². The number of nitrogens with zero attached hydrogens (tertiary/aromatic N) is 2. The Labute approximate surface area is 107 Å². The normalized spacial score (nSPS) is 16.8. The Morgan fingerprint density at radius 3 is 2.83 bits per heavy atom. The van der Waals surface area contributed by atoms with Gasteiger partial charge in [-0.05, 0) is 6.07 Å². The van der Waals surface area contributed by atoms with E-state index >= 15 is 0 Å². The summed E-state index contributed by atoms with van der Waals surface area (Å²) in [6.07, 6.45) is 2.90. The van der Waals surface area contributed by atoms with E-state index in [1.165, 1.54) is 0 Å². The van der Waals surface area contributed by atoms with Gasteiger partial charge in [0.2, 0.25) is 10.0 Å². The highest BCUT2D eigenvalue weighted by Crippen LogP contribution is 2.17. The van der Waals surface area contributed by atoms with Crippen LogP contribution in [0.25, 0.3) is 0 Å². The topological polar surface area (TPSA) is 74.3 Å². The summed E-state index contributed by atoms with van der Waals surface area (Å²) in [4.78, 5) is 6.54. The van der Waals surface area contributed by atoms with Crippen molar-refractivity contribution in [3.05, 3.63) is 23.9 Å². The van der Waals surface area contributed by atoms with E-state index in [0.29, 0.717) is 0 Å². The lowest BCUT2D eigenvalue weighted by molar-refractivity contribution is 0.579. The van der Waals surface area contributed by atoms with Crippen LogP contribution in [-0.2, 0) is 16.6 Å². The standard InChI is InChI=1S/C11H18N4O2S/c1-18(16,17)14-9-10-3-2-4-13-11(10)15-7-5-12-6-8-15/h2-4,12,14H,5-9H2,1H3. The van der Waals surface area contributed by atoms with Crippen molar-refractivity contribution in [1.82, 2.24) is 15.0 Å². The van der Waals surface area contributed by atoms with Crippen LogP contribution in [0.2, 0.25) is 0 Å². The van der Waals surface area contributed by atoms with Crippen LogP contribution in [0.4, 0.5) is 5.82 Å². The number of nitrogens with one attached hydrogen (secondary N) is 2. The Bertz CT molecular complexity index is 498. The second kappa shape index (κ2) is 5.64. The third kappa shape index (κ3) is 3.66. The fourth-order valence-electron chi connectivity index (χ4n) is 1.94. The Balaban J connectivity index is 2.14. The van der Waals surface area contributed by atoms with Gasteiger partial charge in [-0.25, -0.2) is 18.1 Å². The molecule has 0 amide bonds. The maximum Gasteiger partial charge on any atom is 0.209 e. The van der Waals surface area contributed by atoms with Gasteiger partial charge in [0, 0.05) is 44.5 Å². The molecule has 0 bridgehead atoms. The number of aromatic nitrogens is 1. The van der Waals surface area contributed by atoms with Crippen molar-refractivity contribution in [2.24, 2.45) is 0 Å². The molecule has 1 aromatic heterocycles. The Morgan fingerprint density at radius 1 is 1.44 bits per heavy atom. The molecule has 1 fully saturated rings. The summed E-state index contributed by atoms with van der Waals surface area (Å²) < 4.78 is 24.8. The number of hydrogen-bond donors (Lipinski definition) is 2. The van der Waals surface area contributed by atoms with Gasteiger partial charge in [-0.15, -0.1) is 0 Å². The number of anilines is 1. The van der Waals surface area contributed by atoms with Crippen molar-refractivity contribution < 1.29 is 8.42 Å². The molecule has 1 saturated heterocycles. The predicted molar refractivity (Wildman–Crippen MR) is 71.0 cm³/mol. The van der Waals surface area contributed by atoms with Crippen molar-refractivity contribution in [3.63, 3.8) is 0 Å². The average molecular weight is 270 g/mol. The van der Waals surface area contributed by atoms with Crippen LogP contribution in [0, 0.1) is 0 Å². The molecule has 0 radical (unpaired) electrons. The third-order valence-corrected chi connectivity index (χ3v) is 3.48. The largest absolute Gasteiger partial charge is 0.354 e. The van der Waals surface area contributed by atoms with Gasteiger partial charge in [0.1, 0.15) is 5.82 Å². The zero-order valence-corrected chi connectivity index (χ0v) is 11.2. The Hall–Kier alpha value is -1.18. The van der Waals surface area contributed by atoms with E-state index in [2.05, 4.69) is 19.9 Å². The highest BCUT2D eigenvalue weighted by atomic mass is 32.2. The summed E-state index contributed by atoms with van der Waals surface area (Å²) in [6, 6.07) is 3.73. The molecule has 18 heavy (non-hydrogen) atoms. The first kappa shape index (κ1) is 13.3. The molecule has 2 heterocycles. The third-order valence-electron chi connectivity index (χ3n) is 2.81. The quantitative estimate of drug-likeness (QED) is 0.774. The minimum Gasteiger partial charge on any atom is -0.354 e. The minimum absolute atomic E-state index is 0.284. The molecule has 7 heteroatoms. The van der Waals surface area contributed by atoms with E-state index in [4.69, 9.17) is 0 Å². The maximum absolute atomic E-state index is 11.1. The molecule has 2 rings (SSSR count). The van der Waals surface area contributed by atoms with Crippen LogP contribution >= 0.6 is 0 Å². The summed E-state index contributed by atoms with van der Waals surface area (Å²) in [7, 11) is -3.18. The first-order valence-electron chi connectivity index (χ1n) is 5.90. The molecular weight excluding hydrogens is 252 g/mol. The molecular formula is C11H18N4O2S. The first-order valence-corrected chi connectivity index (χ1v) is 7.79. The summed E-state index contributed by atoms with van der Waals surface area (Å²) in [5, 5.41) is 3.28. The molecule has 100 valence electrons. The molecule has 1 aromatic rings. The van der Waals surface area contributed by atoms with Gasteiger partial charge in [0.05, 0.1) is 6.26 Å². The molecule has 0 aromatic carbocycles. The van der Waals surface area contributed by atoms with Gasteiger partial charge in [-0.3, -0.25) is 0 Å². The molecule has 0 unspecified atom stereocenters. The molecule has 6 nitrogen and oxygen atoms in total. The zero-order chi connectivity index (χ0) is 13.0. The molecule has 0 aliphatic carbocycles. The number of pyridine rings is 1. The summed E-state index contributed by atoms with van der Waals surface area (Å²) in [5.74, 6) is 0.871. The van der Waals surface area contributed by atoms with Crippen molar-refractivity contribution in [2.45, 2.75) is 6.54 Å². The fraction of sp³-hybridized carbons (Fsp3) is 0.545. The van der Waals surface area contributed by atoms with Crippen LogP contribution in [0.15, 0.2) is 18.3 Å². The van der Waals surface area contributed by atoms with Crippen LogP contribution in [-0.4, -0.2) is 45.8 Å². The van der Waals surface area contributed by atoms with Crippen LogP contribution in [0.1, 0.15) is 5.56 Å². The summed E-state index contributed by atoms with van der Waals surface area (Å²) in [5.41, 5.74) is 0.907. The minimum atomic E-state index is -3.18. The van der Waals surface area contributed by atoms with Crippen LogP contribution in [0.5, 0.6) is 0 Å². The maximum atomic E-state index is 11.1. The highest BCUT2D eigenvalue weighted by Gasteiger charge is 2.15. The Kier molecular flexibility index (Phi) is 4.15. The van der Waals surface area contributed by atoms with Crippen LogP contribution < -0.4 is 14.9 Å². The molecule has 1 aliphatic heterocycles. The van der Waals surface area contributed by atoms with Crippen molar-refractivity contribution in [2.75, 3.05) is 37.3 Å². The Morgan fingerprint density at radius 2 is 2.17 bits per heavy atom. The summed E-state index contributed by atoms with van der Waals surface area (Å²) >= 11 is 0. The van der Waals surface area contributed by atoms with E-state index < -0.39 is 10.0 Å². The van der Waals surface area contributed by atoms with Gasteiger partial charge < -0.3 is 10.2 Å². The van der Waals surface area contributed by atoms with Gasteiger partial charge >= 0.3 is 0 Å². The van der Waals surface area contributed by atoms with Gasteiger partial charge in [-0.1, -0.05) is 6.07 Å². The molecule has 0 atom stereocenters. The van der Waals surface area contributed by atoms with E-state index in [1.54, 1.807) is 6.20 Å². The fourth-order valence-corrected chi connectivity index (χ4v) is 2.36. The summed E-state index contributed by atoms with van der Waals surface area (Å²) in [6.45, 7) is 3.92. The van der Waals surface area contributed by atoms with E-state index in [1.807, 2.05) is 12.1 Å². The predicted octanol–water partition coefficient (Wildman–Crippen LogP) is -0.460. The number of piperazine rings is 1. The molecule has 0 saturated carbocycles. The van der Waals surface area contributed by atoms with E-state index in [0.717, 1.165) is 43.8 Å². The van der Waals surface area contributed by atoms with Gasteiger partial charge in [0.15, 0.2) is 0 Å². The zero-order valence-electron chi connectivity index (χ0n) is 10.4. The monoisotopic (exact) mass is 270 g/mol. The van der Waals surface area contributed by atoms with Gasteiger partial charge in [0.25, 0.3) is 0 Å². The lowest BCUT2D eigenvalue weighted by atomic mass is 10.2. The van der Waals surface area contributed by atoms with Crippen molar-refractivity contribution in [3.8, 4) is 0 Å².